The number of benzene rings is 2. The van der Waals surface area contributed by atoms with E-state index in [4.69, 9.17) is 4.74 Å². The van der Waals surface area contributed by atoms with Crippen LogP contribution in [0.2, 0.25) is 0 Å². The average Bonchev–Trinajstić information content (AvgIpc) is 3.22. The number of nitrogens with zero attached hydrogens (tertiary/aromatic N) is 3. The van der Waals surface area contributed by atoms with E-state index >= 15 is 0 Å². The van der Waals surface area contributed by atoms with Crippen LogP contribution in [0.15, 0.2) is 60.9 Å². The summed E-state index contributed by atoms with van der Waals surface area (Å²) in [6.07, 6.45) is 2.71. The molecule has 3 aromatic rings. The van der Waals surface area contributed by atoms with Crippen LogP contribution in [0, 0.1) is 6.92 Å². The first-order valence-electron chi connectivity index (χ1n) is 10.0. The Kier molecular flexibility index (Phi) is 5.69. The number of para-hydroxylation sites is 2. The summed E-state index contributed by atoms with van der Waals surface area (Å²) >= 11 is 0. The lowest BCUT2D eigenvalue weighted by Crippen LogP contribution is -2.50. The van der Waals surface area contributed by atoms with Crippen LogP contribution in [-0.4, -0.2) is 42.3 Å². The first-order chi connectivity index (χ1) is 14.9. The molecular formula is C22H24N4O4S. The largest absolute Gasteiger partial charge is 0.476 e. The minimum Gasteiger partial charge on any atom is -0.476 e. The van der Waals surface area contributed by atoms with Gasteiger partial charge in [0.15, 0.2) is 6.10 Å². The molecule has 8 nitrogen and oxygen atoms in total. The summed E-state index contributed by atoms with van der Waals surface area (Å²) in [4.78, 5) is 17.0. The minimum absolute atomic E-state index is 0.0571. The quantitative estimate of drug-likeness (QED) is 0.635. The number of aryl methyl sites for hydroxylation is 1. The van der Waals surface area contributed by atoms with Crippen molar-refractivity contribution in [3.63, 3.8) is 0 Å². The van der Waals surface area contributed by atoms with Gasteiger partial charge < -0.3 is 14.6 Å². The number of hydrogen-bond donors (Lipinski definition) is 1. The molecule has 0 bridgehead atoms. The molecule has 1 N–H and O–H groups in total. The molecule has 162 valence electrons. The summed E-state index contributed by atoms with van der Waals surface area (Å²) in [6, 6.07) is 14.6. The summed E-state index contributed by atoms with van der Waals surface area (Å²) in [5, 5.41) is 2.85. The predicted octanol–water partition coefficient (Wildman–Crippen LogP) is 2.41. The molecule has 4 rings (SSSR count). The van der Waals surface area contributed by atoms with Gasteiger partial charge in [-0.25, -0.2) is 13.4 Å². The number of fused-ring (bicyclic) bond motifs is 1. The van der Waals surface area contributed by atoms with Crippen molar-refractivity contribution in [3.8, 4) is 11.4 Å². The average molecular weight is 441 g/mol. The minimum atomic E-state index is -3.53. The summed E-state index contributed by atoms with van der Waals surface area (Å²) in [7, 11) is -3.53. The van der Waals surface area contributed by atoms with Gasteiger partial charge in [-0.05, 0) is 43.7 Å². The molecule has 9 heteroatoms. The fourth-order valence-corrected chi connectivity index (χ4v) is 4.61. The molecule has 1 amide bonds. The zero-order chi connectivity index (χ0) is 22.0. The van der Waals surface area contributed by atoms with Gasteiger partial charge >= 0.3 is 0 Å². The van der Waals surface area contributed by atoms with Gasteiger partial charge in [-0.3, -0.25) is 9.10 Å². The number of carbonyl (C=O) groups is 1. The van der Waals surface area contributed by atoms with Crippen molar-refractivity contribution in [3.05, 3.63) is 72.3 Å². The Balaban J connectivity index is 1.45. The van der Waals surface area contributed by atoms with Crippen LogP contribution in [0.4, 0.5) is 5.69 Å². The Labute approximate surface area is 181 Å². The van der Waals surface area contributed by atoms with Crippen LogP contribution in [0.25, 0.3) is 5.69 Å². The maximum atomic E-state index is 12.8. The summed E-state index contributed by atoms with van der Waals surface area (Å²) in [6.45, 7) is 3.76. The van der Waals surface area contributed by atoms with Crippen LogP contribution in [0.1, 0.15) is 18.3 Å². The van der Waals surface area contributed by atoms with E-state index in [1.807, 2.05) is 42.0 Å². The van der Waals surface area contributed by atoms with Gasteiger partial charge in [0, 0.05) is 24.6 Å². The topological polar surface area (TPSA) is 93.5 Å². The Hall–Kier alpha value is -3.33. The summed E-state index contributed by atoms with van der Waals surface area (Å²) in [5.74, 6) is 0.854. The number of ether oxygens (including phenoxy) is 1. The molecular weight excluding hydrogens is 416 g/mol. The number of hydrogen-bond acceptors (Lipinski definition) is 5. The number of sulfonamides is 1. The lowest BCUT2D eigenvalue weighted by Gasteiger charge is -2.34. The normalized spacial score (nSPS) is 15.8. The Morgan fingerprint density at radius 3 is 2.61 bits per heavy atom. The molecule has 0 radical (unpaired) electrons. The molecule has 0 saturated heterocycles. The molecule has 2 heterocycles. The van der Waals surface area contributed by atoms with E-state index in [1.165, 1.54) is 4.31 Å². The Morgan fingerprint density at radius 1 is 1.19 bits per heavy atom. The number of nitrogens with one attached hydrogen (secondary N) is 1. The van der Waals surface area contributed by atoms with Gasteiger partial charge in [-0.15, -0.1) is 0 Å². The first kappa shape index (κ1) is 20.9. The van der Waals surface area contributed by atoms with Crippen molar-refractivity contribution in [2.45, 2.75) is 26.5 Å². The molecule has 2 aromatic carbocycles. The van der Waals surface area contributed by atoms with E-state index in [-0.39, 0.29) is 18.2 Å². The number of rotatable bonds is 6. The highest BCUT2D eigenvalue weighted by molar-refractivity contribution is 7.92. The van der Waals surface area contributed by atoms with E-state index < -0.39 is 16.1 Å². The van der Waals surface area contributed by atoms with Crippen molar-refractivity contribution in [2.75, 3.05) is 16.6 Å². The lowest BCUT2D eigenvalue weighted by molar-refractivity contribution is -0.127. The van der Waals surface area contributed by atoms with E-state index in [0.29, 0.717) is 18.0 Å². The predicted molar refractivity (Wildman–Crippen MR) is 118 cm³/mol. The third kappa shape index (κ3) is 4.27. The van der Waals surface area contributed by atoms with Gasteiger partial charge in [0.25, 0.3) is 5.91 Å². The second-order valence-corrected chi connectivity index (χ2v) is 9.42. The molecule has 1 atom stereocenters. The first-order valence-corrected chi connectivity index (χ1v) is 11.6. The smallest absolute Gasteiger partial charge is 0.263 e. The molecule has 0 aliphatic carbocycles. The van der Waals surface area contributed by atoms with Crippen molar-refractivity contribution in [2.24, 2.45) is 0 Å². The van der Waals surface area contributed by atoms with Gasteiger partial charge in [-0.1, -0.05) is 24.3 Å². The lowest BCUT2D eigenvalue weighted by atomic mass is 10.2. The highest BCUT2D eigenvalue weighted by Crippen LogP contribution is 2.35. The number of aromatic nitrogens is 2. The highest BCUT2D eigenvalue weighted by atomic mass is 32.2. The standard InChI is InChI=1S/C22H24N4O4S/c1-3-31(28,29)26-15-21(30-20-7-5-4-6-19(20)26)22(27)24-14-17-8-10-18(11-9-17)25-13-12-23-16(25)2/h4-13,21H,3,14-15H2,1-2H3,(H,24,27)/t21-/m0/s1. The third-order valence-electron chi connectivity index (χ3n) is 5.23. The zero-order valence-electron chi connectivity index (χ0n) is 17.4. The highest BCUT2D eigenvalue weighted by Gasteiger charge is 2.35. The maximum Gasteiger partial charge on any atom is 0.263 e. The Bertz CT molecular complexity index is 1190. The van der Waals surface area contributed by atoms with Crippen molar-refractivity contribution in [1.82, 2.24) is 14.9 Å². The third-order valence-corrected chi connectivity index (χ3v) is 6.98. The van der Waals surface area contributed by atoms with Crippen LogP contribution in [0.3, 0.4) is 0 Å². The van der Waals surface area contributed by atoms with Crippen LogP contribution in [0.5, 0.6) is 5.75 Å². The summed E-state index contributed by atoms with van der Waals surface area (Å²) in [5.41, 5.74) is 2.36. The molecule has 0 saturated carbocycles. The molecule has 0 spiro atoms. The SMILES string of the molecule is CCS(=O)(=O)N1C[C@@H](C(=O)NCc2ccc(-n3ccnc3C)cc2)Oc2ccccc21. The van der Waals surface area contributed by atoms with Crippen LogP contribution >= 0.6 is 0 Å². The van der Waals surface area contributed by atoms with E-state index in [1.54, 1.807) is 37.4 Å². The van der Waals surface area contributed by atoms with Crippen molar-refractivity contribution in [1.29, 1.82) is 0 Å². The van der Waals surface area contributed by atoms with Gasteiger partial charge in [0.05, 0.1) is 18.0 Å². The molecule has 1 aliphatic rings. The zero-order valence-corrected chi connectivity index (χ0v) is 18.2. The van der Waals surface area contributed by atoms with Gasteiger partial charge in [0.1, 0.15) is 11.6 Å². The fraction of sp³-hybridized carbons (Fsp3) is 0.273. The van der Waals surface area contributed by atoms with Crippen molar-refractivity contribution >= 4 is 21.6 Å². The molecule has 1 aromatic heterocycles. The molecule has 31 heavy (non-hydrogen) atoms. The van der Waals surface area contributed by atoms with Gasteiger partial charge in [-0.2, -0.15) is 0 Å². The molecule has 0 unspecified atom stereocenters. The van der Waals surface area contributed by atoms with Crippen molar-refractivity contribution < 1.29 is 17.9 Å². The monoisotopic (exact) mass is 440 g/mol. The van der Waals surface area contributed by atoms with E-state index in [0.717, 1.165) is 17.1 Å². The second kappa shape index (κ2) is 8.43. The Morgan fingerprint density at radius 2 is 1.94 bits per heavy atom. The van der Waals surface area contributed by atoms with Crippen LogP contribution < -0.4 is 14.4 Å². The maximum absolute atomic E-state index is 12.8. The van der Waals surface area contributed by atoms with Crippen LogP contribution in [-0.2, 0) is 21.4 Å². The number of amides is 1. The molecule has 0 fully saturated rings. The fourth-order valence-electron chi connectivity index (χ4n) is 3.49. The summed E-state index contributed by atoms with van der Waals surface area (Å²) < 4.78 is 34.1. The van der Waals surface area contributed by atoms with E-state index in [9.17, 15) is 13.2 Å². The van der Waals surface area contributed by atoms with Gasteiger partial charge in [0.2, 0.25) is 10.0 Å². The number of carbonyl (C=O) groups excluding carboxylic acids is 1. The number of anilines is 1. The second-order valence-electron chi connectivity index (χ2n) is 7.23. The number of imidazole rings is 1. The molecule has 1 aliphatic heterocycles. The van der Waals surface area contributed by atoms with E-state index in [2.05, 4.69) is 10.3 Å².